The first-order chi connectivity index (χ1) is 10.6. The van der Waals surface area contributed by atoms with E-state index in [1.807, 2.05) is 30.0 Å². The SMILES string of the molecule is CC(CN)C(=O)N1CCC(c2nc3cc(Cl)ccc3s2)CC1.Cl.Cl. The fraction of sp³-hybridized carbons (Fsp3) is 0.500. The van der Waals surface area contributed by atoms with Crippen LogP contribution in [0.2, 0.25) is 5.02 Å². The molecule has 3 rings (SSSR count). The number of aromatic nitrogens is 1. The van der Waals surface area contributed by atoms with Crippen molar-refractivity contribution < 1.29 is 4.79 Å². The number of piperidine rings is 1. The Kier molecular flexibility index (Phi) is 8.23. The molecule has 24 heavy (non-hydrogen) atoms. The number of likely N-dealkylation sites (tertiary alicyclic amines) is 1. The summed E-state index contributed by atoms with van der Waals surface area (Å²) in [6, 6.07) is 5.85. The van der Waals surface area contributed by atoms with Gasteiger partial charge in [0.1, 0.15) is 0 Å². The molecule has 1 aromatic carbocycles. The summed E-state index contributed by atoms with van der Waals surface area (Å²) in [5.74, 6) is 0.534. The van der Waals surface area contributed by atoms with Crippen LogP contribution in [-0.2, 0) is 4.79 Å². The van der Waals surface area contributed by atoms with Crippen LogP contribution in [0.3, 0.4) is 0 Å². The Bertz CT molecular complexity index is 686. The molecule has 0 saturated carbocycles. The number of fused-ring (bicyclic) bond motifs is 1. The molecule has 1 fully saturated rings. The van der Waals surface area contributed by atoms with Crippen LogP contribution >= 0.6 is 47.8 Å². The molecule has 2 aromatic rings. The number of benzene rings is 1. The summed E-state index contributed by atoms with van der Waals surface area (Å²) in [6.07, 6.45) is 1.94. The second kappa shape index (κ2) is 9.20. The molecule has 1 amide bonds. The maximum atomic E-state index is 12.2. The number of carbonyl (C=O) groups excluding carboxylic acids is 1. The van der Waals surface area contributed by atoms with Crippen molar-refractivity contribution in [1.82, 2.24) is 9.88 Å². The summed E-state index contributed by atoms with van der Waals surface area (Å²) in [4.78, 5) is 18.8. The summed E-state index contributed by atoms with van der Waals surface area (Å²) in [5, 5.41) is 1.89. The van der Waals surface area contributed by atoms with E-state index in [2.05, 4.69) is 0 Å². The Hall–Kier alpha value is -0.590. The summed E-state index contributed by atoms with van der Waals surface area (Å²) < 4.78 is 1.18. The van der Waals surface area contributed by atoms with Gasteiger partial charge in [-0.2, -0.15) is 0 Å². The lowest BCUT2D eigenvalue weighted by Crippen LogP contribution is -2.42. The highest BCUT2D eigenvalue weighted by atomic mass is 35.5. The zero-order valence-electron chi connectivity index (χ0n) is 13.4. The molecule has 2 N–H and O–H groups in total. The first kappa shape index (κ1) is 21.5. The third-order valence-corrected chi connectivity index (χ3v) is 5.73. The molecule has 1 atom stereocenters. The molecular formula is C16H22Cl3N3OS. The van der Waals surface area contributed by atoms with Gasteiger partial charge in [0.2, 0.25) is 5.91 Å². The van der Waals surface area contributed by atoms with Crippen LogP contribution < -0.4 is 5.73 Å². The number of carbonyl (C=O) groups is 1. The average molecular weight is 411 g/mol. The molecule has 0 aliphatic carbocycles. The maximum Gasteiger partial charge on any atom is 0.226 e. The lowest BCUT2D eigenvalue weighted by Gasteiger charge is -2.32. The minimum absolute atomic E-state index is 0. The Morgan fingerprint density at radius 3 is 2.71 bits per heavy atom. The van der Waals surface area contributed by atoms with Crippen LogP contribution in [0.15, 0.2) is 18.2 Å². The lowest BCUT2D eigenvalue weighted by molar-refractivity contribution is -0.135. The molecule has 4 nitrogen and oxygen atoms in total. The molecule has 1 unspecified atom stereocenters. The van der Waals surface area contributed by atoms with Crippen molar-refractivity contribution in [2.45, 2.75) is 25.7 Å². The molecule has 0 radical (unpaired) electrons. The lowest BCUT2D eigenvalue weighted by atomic mass is 9.96. The second-order valence-electron chi connectivity index (χ2n) is 5.90. The van der Waals surface area contributed by atoms with Crippen molar-refractivity contribution in [2.24, 2.45) is 11.7 Å². The van der Waals surface area contributed by atoms with Crippen molar-refractivity contribution in [3.05, 3.63) is 28.2 Å². The molecule has 134 valence electrons. The summed E-state index contributed by atoms with van der Waals surface area (Å²) in [6.45, 7) is 3.90. The number of hydrogen-bond acceptors (Lipinski definition) is 4. The van der Waals surface area contributed by atoms with Crippen molar-refractivity contribution in [2.75, 3.05) is 19.6 Å². The normalized spacial score (nSPS) is 16.4. The zero-order valence-corrected chi connectivity index (χ0v) is 16.6. The minimum atomic E-state index is -0.0823. The maximum absolute atomic E-state index is 12.2. The number of nitrogens with two attached hydrogens (primary N) is 1. The highest BCUT2D eigenvalue weighted by Crippen LogP contribution is 2.34. The van der Waals surface area contributed by atoms with Gasteiger partial charge in [0.15, 0.2) is 0 Å². The van der Waals surface area contributed by atoms with E-state index in [0.717, 1.165) is 41.5 Å². The average Bonchev–Trinajstić information content (AvgIpc) is 2.96. The van der Waals surface area contributed by atoms with Crippen molar-refractivity contribution in [1.29, 1.82) is 0 Å². The number of thiazole rings is 1. The van der Waals surface area contributed by atoms with Gasteiger partial charge in [-0.05, 0) is 31.0 Å². The van der Waals surface area contributed by atoms with Gasteiger partial charge in [-0.1, -0.05) is 18.5 Å². The molecule has 8 heteroatoms. The van der Waals surface area contributed by atoms with E-state index >= 15 is 0 Å². The largest absolute Gasteiger partial charge is 0.342 e. The molecular weight excluding hydrogens is 389 g/mol. The number of halogens is 3. The fourth-order valence-electron chi connectivity index (χ4n) is 2.85. The minimum Gasteiger partial charge on any atom is -0.342 e. The second-order valence-corrected chi connectivity index (χ2v) is 7.40. The Labute approximate surface area is 163 Å². The van der Waals surface area contributed by atoms with Gasteiger partial charge in [0.25, 0.3) is 0 Å². The highest BCUT2D eigenvalue weighted by Gasteiger charge is 2.27. The molecule has 0 bridgehead atoms. The van der Waals surface area contributed by atoms with Gasteiger partial charge in [-0.3, -0.25) is 4.79 Å². The van der Waals surface area contributed by atoms with Crippen LogP contribution in [0.5, 0.6) is 0 Å². The predicted molar refractivity (Wildman–Crippen MR) is 106 cm³/mol. The van der Waals surface area contributed by atoms with Gasteiger partial charge in [-0.15, -0.1) is 36.2 Å². The molecule has 0 spiro atoms. The summed E-state index contributed by atoms with van der Waals surface area (Å²) in [7, 11) is 0. The Morgan fingerprint density at radius 2 is 2.08 bits per heavy atom. The molecule has 1 aliphatic heterocycles. The van der Waals surface area contributed by atoms with Crippen LogP contribution in [0, 0.1) is 5.92 Å². The molecule has 2 heterocycles. The third kappa shape index (κ3) is 4.52. The Morgan fingerprint density at radius 1 is 1.42 bits per heavy atom. The standard InChI is InChI=1S/C16H20ClN3OS.2ClH/c1-10(9-18)16(21)20-6-4-11(5-7-20)15-19-13-8-12(17)2-3-14(13)22-15;;/h2-3,8,10-11H,4-7,9,18H2,1H3;2*1H. The number of nitrogens with zero attached hydrogens (tertiary/aromatic N) is 2. The smallest absolute Gasteiger partial charge is 0.226 e. The van der Waals surface area contributed by atoms with E-state index in [-0.39, 0.29) is 36.6 Å². The van der Waals surface area contributed by atoms with Gasteiger partial charge < -0.3 is 10.6 Å². The Balaban J connectivity index is 0.00000144. The monoisotopic (exact) mass is 409 g/mol. The van der Waals surface area contributed by atoms with E-state index in [1.165, 1.54) is 4.70 Å². The van der Waals surface area contributed by atoms with Gasteiger partial charge in [0, 0.05) is 36.5 Å². The topological polar surface area (TPSA) is 59.2 Å². The predicted octanol–water partition coefficient (Wildman–Crippen LogP) is 4.09. The van der Waals surface area contributed by atoms with Crippen LogP contribution in [0.1, 0.15) is 30.7 Å². The zero-order chi connectivity index (χ0) is 15.7. The number of rotatable bonds is 3. The van der Waals surface area contributed by atoms with E-state index in [9.17, 15) is 4.79 Å². The van der Waals surface area contributed by atoms with Crippen LogP contribution in [0.4, 0.5) is 0 Å². The van der Waals surface area contributed by atoms with Gasteiger partial charge in [-0.25, -0.2) is 4.98 Å². The van der Waals surface area contributed by atoms with E-state index in [1.54, 1.807) is 11.3 Å². The summed E-state index contributed by atoms with van der Waals surface area (Å²) >= 11 is 7.76. The highest BCUT2D eigenvalue weighted by molar-refractivity contribution is 7.18. The fourth-order valence-corrected chi connectivity index (χ4v) is 4.14. The molecule has 1 saturated heterocycles. The first-order valence-corrected chi connectivity index (χ1v) is 8.82. The van der Waals surface area contributed by atoms with E-state index in [0.29, 0.717) is 12.5 Å². The van der Waals surface area contributed by atoms with Crippen LogP contribution in [0.25, 0.3) is 10.2 Å². The van der Waals surface area contributed by atoms with E-state index < -0.39 is 0 Å². The molecule has 1 aliphatic rings. The third-order valence-electron chi connectivity index (χ3n) is 4.30. The first-order valence-electron chi connectivity index (χ1n) is 7.63. The number of hydrogen-bond donors (Lipinski definition) is 1. The van der Waals surface area contributed by atoms with E-state index in [4.69, 9.17) is 22.3 Å². The van der Waals surface area contributed by atoms with Crippen molar-refractivity contribution in [3.8, 4) is 0 Å². The van der Waals surface area contributed by atoms with Crippen molar-refractivity contribution in [3.63, 3.8) is 0 Å². The quantitative estimate of drug-likeness (QED) is 0.829. The van der Waals surface area contributed by atoms with Gasteiger partial charge in [0.05, 0.1) is 15.2 Å². The van der Waals surface area contributed by atoms with Crippen molar-refractivity contribution >= 4 is 63.9 Å². The number of amides is 1. The van der Waals surface area contributed by atoms with Crippen LogP contribution in [-0.4, -0.2) is 35.4 Å². The van der Waals surface area contributed by atoms with Gasteiger partial charge >= 0.3 is 0 Å². The summed E-state index contributed by atoms with van der Waals surface area (Å²) in [5.41, 5.74) is 6.56. The molecule has 1 aromatic heterocycles.